The number of amides is 1. The third-order valence-corrected chi connectivity index (χ3v) is 5.46. The predicted molar refractivity (Wildman–Crippen MR) is 105 cm³/mol. The van der Waals surface area contributed by atoms with Gasteiger partial charge in [-0.15, -0.1) is 0 Å². The van der Waals surface area contributed by atoms with Crippen LogP contribution in [0.4, 0.5) is 9.18 Å². The van der Waals surface area contributed by atoms with Crippen LogP contribution in [0.1, 0.15) is 33.5 Å². The van der Waals surface area contributed by atoms with Gasteiger partial charge in [0, 0.05) is 12.7 Å². The van der Waals surface area contributed by atoms with Crippen molar-refractivity contribution < 1.29 is 26.8 Å². The van der Waals surface area contributed by atoms with Crippen LogP contribution in [0.5, 0.6) is 0 Å². The van der Waals surface area contributed by atoms with Crippen molar-refractivity contribution in [2.24, 2.45) is 0 Å². The Balaban J connectivity index is 2.41. The maximum absolute atomic E-state index is 14.1. The molecule has 2 aromatic heterocycles. The molecule has 1 amide bonds. The zero-order valence-corrected chi connectivity index (χ0v) is 19.0. The highest BCUT2D eigenvalue weighted by atomic mass is 79.9. The monoisotopic (exact) mass is 499 g/mol. The summed E-state index contributed by atoms with van der Waals surface area (Å²) < 4.78 is 49.1. The highest BCUT2D eigenvalue weighted by Crippen LogP contribution is 2.34. The molecular weight excluding hydrogens is 481 g/mol. The number of aromatic nitrogens is 2. The van der Waals surface area contributed by atoms with Crippen molar-refractivity contribution in [3.63, 3.8) is 0 Å². The summed E-state index contributed by atoms with van der Waals surface area (Å²) in [5.74, 6) is 0.182. The van der Waals surface area contributed by atoms with E-state index in [1.165, 1.54) is 6.92 Å². The van der Waals surface area contributed by atoms with Crippen LogP contribution in [0.25, 0.3) is 11.1 Å². The number of carbonyl (C=O) groups excluding carboxylic acids is 1. The molecule has 0 radical (unpaired) electrons. The lowest BCUT2D eigenvalue weighted by molar-refractivity contribution is 0.0476. The average Bonchev–Trinajstić information content (AvgIpc) is 2.79. The summed E-state index contributed by atoms with van der Waals surface area (Å²) >= 11 is 9.09. The Morgan fingerprint density at radius 3 is 2.50 bits per heavy atom. The van der Waals surface area contributed by atoms with E-state index in [0.717, 1.165) is 6.26 Å². The smallest absolute Gasteiger partial charge is 0.407 e. The molecule has 28 heavy (non-hydrogen) atoms. The van der Waals surface area contributed by atoms with E-state index in [1.54, 1.807) is 20.8 Å². The number of ether oxygens (including phenoxy) is 1. The molecule has 0 fully saturated rings. The van der Waals surface area contributed by atoms with Crippen molar-refractivity contribution in [1.82, 2.24) is 15.3 Å². The summed E-state index contributed by atoms with van der Waals surface area (Å²) in [6, 6.07) is -0.989. The Bertz CT molecular complexity index is 1000. The molecule has 0 aliphatic rings. The van der Waals surface area contributed by atoms with Gasteiger partial charge in [0.25, 0.3) is 0 Å². The van der Waals surface area contributed by atoms with Crippen molar-refractivity contribution in [2.75, 3.05) is 6.26 Å². The fourth-order valence-corrected chi connectivity index (χ4v) is 3.77. The van der Waals surface area contributed by atoms with Gasteiger partial charge in [0.1, 0.15) is 23.0 Å². The molecule has 0 aliphatic carbocycles. The molecule has 12 heteroatoms. The Kier molecular flexibility index (Phi) is 6.61. The molecule has 0 unspecified atom stereocenters. The Hall–Kier alpha value is -1.46. The number of furan rings is 1. The largest absolute Gasteiger partial charge is 0.455 e. The Morgan fingerprint density at radius 1 is 1.39 bits per heavy atom. The van der Waals surface area contributed by atoms with E-state index in [-0.39, 0.29) is 33.6 Å². The van der Waals surface area contributed by atoms with Crippen molar-refractivity contribution in [2.45, 2.75) is 57.0 Å². The summed E-state index contributed by atoms with van der Waals surface area (Å²) in [6.45, 7) is 6.33. The third kappa shape index (κ3) is 5.54. The van der Waals surface area contributed by atoms with Crippen LogP contribution in [-0.2, 0) is 21.0 Å². The molecule has 2 atom stereocenters. The fourth-order valence-electron chi connectivity index (χ4n) is 2.31. The van der Waals surface area contributed by atoms with Crippen molar-refractivity contribution in [3.8, 4) is 0 Å². The number of nitrogens with one attached hydrogen (secondary N) is 1. The second-order valence-corrected chi connectivity index (χ2v) is 10.3. The number of rotatable bonds is 5. The summed E-state index contributed by atoms with van der Waals surface area (Å²) in [5, 5.41) is 1.80. The summed E-state index contributed by atoms with van der Waals surface area (Å²) in [5.41, 5.74) is -0.709. The second kappa shape index (κ2) is 8.11. The number of alkyl halides is 1. The molecule has 0 aliphatic heterocycles. The molecule has 0 aromatic carbocycles. The highest BCUT2D eigenvalue weighted by molar-refractivity contribution is 9.10. The normalized spacial score (nSPS) is 14.7. The van der Waals surface area contributed by atoms with Gasteiger partial charge in [-0.1, -0.05) is 0 Å². The first-order chi connectivity index (χ1) is 12.7. The van der Waals surface area contributed by atoms with Crippen LogP contribution in [0.2, 0.25) is 5.28 Å². The standard InChI is InChI=1S/C16H20BrClFN3O5S/c1-7(19)8(20-15(23)27-16(2,3)4)6-9-10(17)11-12(26-9)13(28(5,24)25)22-14(18)21-11/h7-8H,6H2,1-5H3,(H,20,23)/t7-,8+/m0/s1. The number of nitrogens with zero attached hydrogens (tertiary/aromatic N) is 2. The molecule has 2 rings (SSSR count). The van der Waals surface area contributed by atoms with Crippen LogP contribution in [0.15, 0.2) is 13.9 Å². The van der Waals surface area contributed by atoms with Gasteiger partial charge in [0.2, 0.25) is 10.3 Å². The number of halogens is 3. The maximum Gasteiger partial charge on any atom is 0.407 e. The Morgan fingerprint density at radius 2 is 2.00 bits per heavy atom. The molecule has 2 heterocycles. The number of alkyl carbamates (subject to hydrolysis) is 1. The number of fused-ring (bicyclic) bond motifs is 1. The quantitative estimate of drug-likeness (QED) is 0.490. The van der Waals surface area contributed by atoms with Crippen LogP contribution < -0.4 is 5.32 Å². The van der Waals surface area contributed by atoms with Gasteiger partial charge in [0.15, 0.2) is 15.4 Å². The van der Waals surface area contributed by atoms with Crippen LogP contribution in [0.3, 0.4) is 0 Å². The van der Waals surface area contributed by atoms with Crippen LogP contribution in [-0.4, -0.2) is 48.5 Å². The zero-order valence-electron chi connectivity index (χ0n) is 15.8. The van der Waals surface area contributed by atoms with E-state index < -0.39 is 33.7 Å². The minimum Gasteiger partial charge on any atom is -0.455 e. The van der Waals surface area contributed by atoms with Gasteiger partial charge in [-0.3, -0.25) is 0 Å². The molecule has 8 nitrogen and oxygen atoms in total. The highest BCUT2D eigenvalue weighted by Gasteiger charge is 2.29. The van der Waals surface area contributed by atoms with E-state index >= 15 is 0 Å². The minimum absolute atomic E-state index is 0.0886. The molecular formula is C16H20BrClFN3O5S. The van der Waals surface area contributed by atoms with Crippen LogP contribution >= 0.6 is 27.5 Å². The molecule has 1 N–H and O–H groups in total. The van der Waals surface area contributed by atoms with Crippen molar-refractivity contribution in [3.05, 3.63) is 15.5 Å². The molecule has 0 spiro atoms. The van der Waals surface area contributed by atoms with E-state index in [2.05, 4.69) is 31.2 Å². The molecule has 0 saturated carbocycles. The first kappa shape index (κ1) is 22.8. The summed E-state index contributed by atoms with van der Waals surface area (Å²) in [7, 11) is -3.75. The number of hydrogen-bond donors (Lipinski definition) is 1. The molecule has 0 saturated heterocycles. The minimum atomic E-state index is -3.75. The predicted octanol–water partition coefficient (Wildman–Crippen LogP) is 3.84. The SMILES string of the molecule is C[C@H](F)[C@@H](Cc1oc2c(S(C)(=O)=O)nc(Cl)nc2c1Br)NC(=O)OC(C)(C)C. The summed E-state index contributed by atoms with van der Waals surface area (Å²) in [6.07, 6.45) is -1.36. The topological polar surface area (TPSA) is 111 Å². The van der Waals surface area contributed by atoms with Gasteiger partial charge >= 0.3 is 6.09 Å². The van der Waals surface area contributed by atoms with E-state index in [1.807, 2.05) is 0 Å². The molecule has 0 bridgehead atoms. The number of carbonyl (C=O) groups is 1. The van der Waals surface area contributed by atoms with Gasteiger partial charge in [-0.2, -0.15) is 0 Å². The lowest BCUT2D eigenvalue weighted by atomic mass is 10.1. The Labute approximate surface area is 175 Å². The first-order valence-electron chi connectivity index (χ1n) is 8.17. The van der Waals surface area contributed by atoms with Crippen LogP contribution in [0, 0.1) is 0 Å². The average molecular weight is 501 g/mol. The molecule has 2 aromatic rings. The number of hydrogen-bond acceptors (Lipinski definition) is 7. The second-order valence-electron chi connectivity index (χ2n) is 7.22. The lowest BCUT2D eigenvalue weighted by Gasteiger charge is -2.24. The third-order valence-electron chi connectivity index (χ3n) is 3.50. The fraction of sp³-hybridized carbons (Fsp3) is 0.562. The van der Waals surface area contributed by atoms with E-state index in [4.69, 9.17) is 20.8 Å². The van der Waals surface area contributed by atoms with Crippen molar-refractivity contribution in [1.29, 1.82) is 0 Å². The maximum atomic E-state index is 14.1. The van der Waals surface area contributed by atoms with Gasteiger partial charge < -0.3 is 14.5 Å². The van der Waals surface area contributed by atoms with Gasteiger partial charge in [-0.05, 0) is 55.2 Å². The van der Waals surface area contributed by atoms with E-state index in [0.29, 0.717) is 4.47 Å². The van der Waals surface area contributed by atoms with Gasteiger partial charge in [0.05, 0.1) is 10.5 Å². The molecule has 156 valence electrons. The zero-order chi connectivity index (χ0) is 21.4. The first-order valence-corrected chi connectivity index (χ1v) is 11.2. The summed E-state index contributed by atoms with van der Waals surface area (Å²) in [4.78, 5) is 19.7. The lowest BCUT2D eigenvalue weighted by Crippen LogP contribution is -2.44. The van der Waals surface area contributed by atoms with E-state index in [9.17, 15) is 17.6 Å². The van der Waals surface area contributed by atoms with Crippen molar-refractivity contribution >= 4 is 54.6 Å². The van der Waals surface area contributed by atoms with Gasteiger partial charge in [-0.25, -0.2) is 27.6 Å². The number of sulfone groups is 1.